The van der Waals surface area contributed by atoms with Crippen LogP contribution in [0.5, 0.6) is 0 Å². The minimum absolute atomic E-state index is 0. The molecule has 0 aliphatic heterocycles. The number of carboxylic acid groups (broad SMARTS) is 2. The zero-order valence-electron chi connectivity index (χ0n) is 10.5. The van der Waals surface area contributed by atoms with Gasteiger partial charge in [-0.1, -0.05) is 0 Å². The van der Waals surface area contributed by atoms with Crippen LogP contribution in [0.15, 0.2) is 0 Å². The van der Waals surface area contributed by atoms with E-state index in [1.54, 1.807) is 0 Å². The van der Waals surface area contributed by atoms with Crippen molar-refractivity contribution >= 4 is 11.9 Å². The molecule has 0 saturated heterocycles. The average Bonchev–Trinajstić information content (AvgIpc) is 2.16. The summed E-state index contributed by atoms with van der Waals surface area (Å²) in [7, 11) is 0. The van der Waals surface area contributed by atoms with Crippen molar-refractivity contribution in [1.82, 2.24) is 0 Å². The van der Waals surface area contributed by atoms with Gasteiger partial charge in [0.15, 0.2) is 0 Å². The van der Waals surface area contributed by atoms with Crippen molar-refractivity contribution in [2.75, 3.05) is 26.2 Å². The van der Waals surface area contributed by atoms with Crippen molar-refractivity contribution in [3.63, 3.8) is 0 Å². The minimum Gasteiger partial charge on any atom is -0.550 e. The third-order valence-electron chi connectivity index (χ3n) is 0.333. The normalized spacial score (nSPS) is 6.47. The molecule has 0 rings (SSSR count). The van der Waals surface area contributed by atoms with Gasteiger partial charge in [0.1, 0.15) is 0 Å². The number of carbonyl (C=O) groups is 2. The Bertz CT molecular complexity index is 121. The predicted octanol–water partition coefficient (Wildman–Crippen LogP) is -4.68. The summed E-state index contributed by atoms with van der Waals surface area (Å²) in [6.07, 6.45) is 0. The summed E-state index contributed by atoms with van der Waals surface area (Å²) in [5.74, 6) is -2.17. The van der Waals surface area contributed by atoms with Crippen molar-refractivity contribution in [1.29, 1.82) is 0 Å². The molecule has 0 radical (unpaired) electrons. The van der Waals surface area contributed by atoms with Crippen molar-refractivity contribution in [3.8, 4) is 0 Å². The molecule has 0 fully saturated rings. The van der Waals surface area contributed by atoms with E-state index in [1.807, 2.05) is 0 Å². The Balaban J connectivity index is -0.0000000369. The third-order valence-corrected chi connectivity index (χ3v) is 0.333. The van der Waals surface area contributed by atoms with E-state index in [2.05, 4.69) is 0 Å². The van der Waals surface area contributed by atoms with Gasteiger partial charge >= 0.3 is 19.5 Å². The Kier molecular flexibility index (Phi) is 63.6. The predicted molar refractivity (Wildman–Crippen MR) is 57.6 cm³/mol. The summed E-state index contributed by atoms with van der Waals surface area (Å²) in [5, 5.41) is 17.8. The smallest absolute Gasteiger partial charge is 0.550 e. The molecule has 0 saturated carbocycles. The number of hydrogen-bond donors (Lipinski definition) is 4. The Labute approximate surface area is 114 Å². The maximum Gasteiger partial charge on any atom is 2.00 e. The number of nitrogens with two attached hydrogens (primary N) is 4. The molecule has 100 valence electrons. The van der Waals surface area contributed by atoms with Crippen LogP contribution in [-0.4, -0.2) is 38.1 Å². The molecule has 0 aromatic heterocycles. The molecule has 0 aliphatic carbocycles. The molecule has 0 bridgehead atoms. The van der Waals surface area contributed by atoms with Crippen molar-refractivity contribution in [3.05, 3.63) is 0 Å². The van der Waals surface area contributed by atoms with Gasteiger partial charge in [0.2, 0.25) is 0 Å². The number of carboxylic acids is 2. The Morgan fingerprint density at radius 1 is 0.765 bits per heavy atom. The quantitative estimate of drug-likeness (QED) is 0.366. The SMILES string of the molecule is CC(=O)[O-].CC(=O)[O-].NCCN.NCCN.[Zn+2]. The van der Waals surface area contributed by atoms with Crippen LogP contribution in [-0.2, 0) is 29.1 Å². The molecule has 17 heavy (non-hydrogen) atoms. The summed E-state index contributed by atoms with van der Waals surface area (Å²) in [5.41, 5.74) is 19.6. The van der Waals surface area contributed by atoms with Crippen molar-refractivity contribution in [2.45, 2.75) is 13.8 Å². The Morgan fingerprint density at radius 2 is 0.824 bits per heavy atom. The van der Waals surface area contributed by atoms with Gasteiger partial charge in [-0.3, -0.25) is 0 Å². The molecular formula is C8H22N4O4Zn. The monoisotopic (exact) mass is 302 g/mol. The van der Waals surface area contributed by atoms with Crippen LogP contribution in [0.4, 0.5) is 0 Å². The largest absolute Gasteiger partial charge is 2.00 e. The number of aliphatic carboxylic acids is 2. The van der Waals surface area contributed by atoms with Gasteiger partial charge in [0, 0.05) is 38.1 Å². The summed E-state index contributed by atoms with van der Waals surface area (Å²) in [6.45, 7) is 4.33. The topological polar surface area (TPSA) is 184 Å². The number of hydrogen-bond acceptors (Lipinski definition) is 8. The van der Waals surface area contributed by atoms with E-state index in [-0.39, 0.29) is 19.5 Å². The van der Waals surface area contributed by atoms with Crippen LogP contribution < -0.4 is 33.1 Å². The van der Waals surface area contributed by atoms with E-state index >= 15 is 0 Å². The van der Waals surface area contributed by atoms with Gasteiger partial charge in [0.25, 0.3) is 0 Å². The standard InChI is InChI=1S/2C2H8N2.2C2H4O2.Zn/c2*3-1-2-4;2*1-2(3)4;/h2*1-4H2;2*1H3,(H,3,4);/q;;;;+2/p-2. The Hall–Kier alpha value is -0.597. The summed E-state index contributed by atoms with van der Waals surface area (Å²) >= 11 is 0. The first kappa shape index (κ1) is 29.9. The minimum atomic E-state index is -1.08. The number of carbonyl (C=O) groups excluding carboxylic acids is 2. The third kappa shape index (κ3) is 1410. The molecule has 0 aliphatic rings. The summed E-state index contributed by atoms with van der Waals surface area (Å²) in [6, 6.07) is 0. The first-order chi connectivity index (χ1) is 7.29. The Morgan fingerprint density at radius 3 is 0.824 bits per heavy atom. The van der Waals surface area contributed by atoms with Gasteiger partial charge < -0.3 is 42.7 Å². The summed E-state index contributed by atoms with van der Waals surface area (Å²) < 4.78 is 0. The van der Waals surface area contributed by atoms with E-state index in [1.165, 1.54) is 0 Å². The van der Waals surface area contributed by atoms with E-state index in [9.17, 15) is 0 Å². The van der Waals surface area contributed by atoms with E-state index in [0.29, 0.717) is 26.2 Å². The molecule has 0 aromatic carbocycles. The number of rotatable bonds is 2. The molecule has 0 heterocycles. The molecule has 8 nitrogen and oxygen atoms in total. The molecule has 8 N–H and O–H groups in total. The van der Waals surface area contributed by atoms with E-state index in [0.717, 1.165) is 13.8 Å². The molecule has 0 unspecified atom stereocenters. The second-order valence-electron chi connectivity index (χ2n) is 2.14. The van der Waals surface area contributed by atoms with Gasteiger partial charge in [0.05, 0.1) is 0 Å². The molecule has 0 aromatic rings. The van der Waals surface area contributed by atoms with Crippen LogP contribution in [0, 0.1) is 0 Å². The fourth-order valence-corrected chi connectivity index (χ4v) is 0. The van der Waals surface area contributed by atoms with Crippen molar-refractivity contribution < 1.29 is 39.3 Å². The fraction of sp³-hybridized carbons (Fsp3) is 0.750. The molecule has 0 spiro atoms. The van der Waals surface area contributed by atoms with E-state index < -0.39 is 11.9 Å². The molecular weight excluding hydrogens is 282 g/mol. The second-order valence-corrected chi connectivity index (χ2v) is 2.14. The van der Waals surface area contributed by atoms with Crippen LogP contribution in [0.2, 0.25) is 0 Å². The van der Waals surface area contributed by atoms with Crippen LogP contribution in [0.25, 0.3) is 0 Å². The first-order valence-electron chi connectivity index (χ1n) is 4.45. The van der Waals surface area contributed by atoms with Crippen LogP contribution >= 0.6 is 0 Å². The van der Waals surface area contributed by atoms with Gasteiger partial charge in [-0.2, -0.15) is 0 Å². The van der Waals surface area contributed by atoms with Crippen LogP contribution in [0.1, 0.15) is 13.8 Å². The second kappa shape index (κ2) is 36.1. The van der Waals surface area contributed by atoms with Gasteiger partial charge in [-0.15, -0.1) is 0 Å². The summed E-state index contributed by atoms with van der Waals surface area (Å²) in [4.78, 5) is 17.8. The molecule has 9 heteroatoms. The first-order valence-corrected chi connectivity index (χ1v) is 4.45. The average molecular weight is 304 g/mol. The van der Waals surface area contributed by atoms with Gasteiger partial charge in [-0.25, -0.2) is 0 Å². The molecule has 0 amide bonds. The van der Waals surface area contributed by atoms with Crippen LogP contribution in [0.3, 0.4) is 0 Å². The maximum absolute atomic E-state index is 8.89. The van der Waals surface area contributed by atoms with Crippen molar-refractivity contribution in [2.24, 2.45) is 22.9 Å². The maximum atomic E-state index is 8.89. The fourth-order valence-electron chi connectivity index (χ4n) is 0. The van der Waals surface area contributed by atoms with E-state index in [4.69, 9.17) is 42.7 Å². The molecule has 0 atom stereocenters. The zero-order chi connectivity index (χ0) is 14.0. The van der Waals surface area contributed by atoms with Gasteiger partial charge in [-0.05, 0) is 13.8 Å². The zero-order valence-corrected chi connectivity index (χ0v) is 13.4.